The lowest BCUT2D eigenvalue weighted by Crippen LogP contribution is -2.26. The SMILES string of the molecule is COc1ccc(C2N=C(CCc3ccncc3)N(C)Cc3ccccc32)cc1. The molecule has 3 aromatic rings. The van der Waals surface area contributed by atoms with Crippen LogP contribution in [0.15, 0.2) is 78.0 Å². The topological polar surface area (TPSA) is 37.7 Å². The van der Waals surface area contributed by atoms with Gasteiger partial charge in [0.25, 0.3) is 0 Å². The second-order valence-electron chi connectivity index (χ2n) is 7.13. The molecule has 0 spiro atoms. The summed E-state index contributed by atoms with van der Waals surface area (Å²) >= 11 is 0. The Morgan fingerprint density at radius 1 is 0.964 bits per heavy atom. The molecule has 0 bridgehead atoms. The maximum absolute atomic E-state index is 5.33. The number of amidine groups is 1. The highest BCUT2D eigenvalue weighted by molar-refractivity contribution is 5.83. The lowest BCUT2D eigenvalue weighted by atomic mass is 9.95. The maximum atomic E-state index is 5.33. The second kappa shape index (κ2) is 8.26. The minimum Gasteiger partial charge on any atom is -0.497 e. The number of rotatable bonds is 5. The van der Waals surface area contributed by atoms with E-state index in [1.54, 1.807) is 7.11 Å². The van der Waals surface area contributed by atoms with Crippen LogP contribution < -0.4 is 4.74 Å². The Balaban J connectivity index is 1.69. The normalized spacial score (nSPS) is 16.1. The molecule has 1 atom stereocenters. The van der Waals surface area contributed by atoms with Gasteiger partial charge in [0.05, 0.1) is 7.11 Å². The number of nitrogens with zero attached hydrogens (tertiary/aromatic N) is 3. The fourth-order valence-electron chi connectivity index (χ4n) is 3.71. The van der Waals surface area contributed by atoms with Crippen molar-refractivity contribution in [3.8, 4) is 5.75 Å². The number of hydrogen-bond donors (Lipinski definition) is 0. The summed E-state index contributed by atoms with van der Waals surface area (Å²) in [5, 5.41) is 0. The number of hydrogen-bond acceptors (Lipinski definition) is 4. The molecule has 2 aromatic carbocycles. The van der Waals surface area contributed by atoms with Gasteiger partial charge in [-0.05, 0) is 52.9 Å². The molecule has 1 aromatic heterocycles. The van der Waals surface area contributed by atoms with Crippen LogP contribution in [0.3, 0.4) is 0 Å². The van der Waals surface area contributed by atoms with Crippen molar-refractivity contribution in [2.24, 2.45) is 4.99 Å². The summed E-state index contributed by atoms with van der Waals surface area (Å²) in [7, 11) is 3.83. The van der Waals surface area contributed by atoms with Gasteiger partial charge in [0, 0.05) is 32.4 Å². The zero-order valence-electron chi connectivity index (χ0n) is 16.4. The Labute approximate surface area is 166 Å². The van der Waals surface area contributed by atoms with Crippen LogP contribution in [0.2, 0.25) is 0 Å². The van der Waals surface area contributed by atoms with Gasteiger partial charge in [-0.1, -0.05) is 36.4 Å². The molecule has 4 heteroatoms. The molecular weight excluding hydrogens is 346 g/mol. The first-order valence-corrected chi connectivity index (χ1v) is 9.63. The Bertz CT molecular complexity index is 951. The summed E-state index contributed by atoms with van der Waals surface area (Å²) in [6, 6.07) is 21.0. The molecule has 2 heterocycles. The lowest BCUT2D eigenvalue weighted by Gasteiger charge is -2.20. The van der Waals surface area contributed by atoms with Crippen molar-refractivity contribution >= 4 is 5.84 Å². The number of pyridine rings is 1. The number of benzene rings is 2. The summed E-state index contributed by atoms with van der Waals surface area (Å²) in [6.07, 6.45) is 5.56. The first-order chi connectivity index (χ1) is 13.7. The highest BCUT2D eigenvalue weighted by Gasteiger charge is 2.23. The van der Waals surface area contributed by atoms with E-state index in [1.807, 2.05) is 24.5 Å². The third kappa shape index (κ3) is 3.91. The number of ether oxygens (including phenoxy) is 1. The van der Waals surface area contributed by atoms with Crippen molar-refractivity contribution in [2.45, 2.75) is 25.4 Å². The van der Waals surface area contributed by atoms with E-state index in [0.29, 0.717) is 0 Å². The van der Waals surface area contributed by atoms with Crippen LogP contribution in [0.1, 0.15) is 34.7 Å². The van der Waals surface area contributed by atoms with Gasteiger partial charge in [0.1, 0.15) is 17.6 Å². The van der Waals surface area contributed by atoms with Crippen molar-refractivity contribution in [3.05, 3.63) is 95.3 Å². The van der Waals surface area contributed by atoms with Crippen LogP contribution in [-0.4, -0.2) is 29.9 Å². The average Bonchev–Trinajstić information content (AvgIpc) is 2.89. The summed E-state index contributed by atoms with van der Waals surface area (Å²) in [5.74, 6) is 2.00. The fraction of sp³-hybridized carbons (Fsp3) is 0.250. The van der Waals surface area contributed by atoms with Crippen LogP contribution in [0.5, 0.6) is 5.75 Å². The Morgan fingerprint density at radius 3 is 2.46 bits per heavy atom. The molecule has 28 heavy (non-hydrogen) atoms. The predicted octanol–water partition coefficient (Wildman–Crippen LogP) is 4.66. The number of aromatic nitrogens is 1. The quantitative estimate of drug-likeness (QED) is 0.655. The van der Waals surface area contributed by atoms with E-state index in [1.165, 1.54) is 22.3 Å². The van der Waals surface area contributed by atoms with Crippen molar-refractivity contribution in [1.82, 2.24) is 9.88 Å². The molecule has 1 unspecified atom stereocenters. The van der Waals surface area contributed by atoms with Crippen LogP contribution in [0.25, 0.3) is 0 Å². The molecule has 0 amide bonds. The van der Waals surface area contributed by atoms with Crippen LogP contribution in [-0.2, 0) is 13.0 Å². The monoisotopic (exact) mass is 371 g/mol. The first kappa shape index (κ1) is 18.2. The zero-order chi connectivity index (χ0) is 19.3. The molecular formula is C24H25N3O. The third-order valence-electron chi connectivity index (χ3n) is 5.29. The second-order valence-corrected chi connectivity index (χ2v) is 7.13. The van der Waals surface area contributed by atoms with Crippen LogP contribution >= 0.6 is 0 Å². The van der Waals surface area contributed by atoms with Gasteiger partial charge in [-0.2, -0.15) is 0 Å². The summed E-state index contributed by atoms with van der Waals surface area (Å²) in [4.78, 5) is 11.6. The lowest BCUT2D eigenvalue weighted by molar-refractivity contribution is 0.414. The minimum absolute atomic E-state index is 0.000467. The molecule has 0 saturated carbocycles. The molecule has 1 aliphatic rings. The zero-order valence-corrected chi connectivity index (χ0v) is 16.4. The van der Waals surface area contributed by atoms with E-state index in [4.69, 9.17) is 9.73 Å². The van der Waals surface area contributed by atoms with E-state index in [0.717, 1.165) is 31.0 Å². The number of methoxy groups -OCH3 is 1. The predicted molar refractivity (Wildman–Crippen MR) is 113 cm³/mol. The molecule has 0 saturated heterocycles. The Kier molecular flexibility index (Phi) is 5.38. The van der Waals surface area contributed by atoms with Gasteiger partial charge >= 0.3 is 0 Å². The summed E-state index contributed by atoms with van der Waals surface area (Å²) in [6.45, 7) is 0.873. The Hall–Kier alpha value is -3.14. The molecule has 0 N–H and O–H groups in total. The molecule has 4 nitrogen and oxygen atoms in total. The van der Waals surface area contributed by atoms with E-state index in [2.05, 4.69) is 65.5 Å². The molecule has 0 fully saturated rings. The van der Waals surface area contributed by atoms with Crippen molar-refractivity contribution in [1.29, 1.82) is 0 Å². The number of aliphatic imine (C=N–C) groups is 1. The first-order valence-electron chi connectivity index (χ1n) is 9.63. The largest absolute Gasteiger partial charge is 0.497 e. The fourth-order valence-corrected chi connectivity index (χ4v) is 3.71. The summed E-state index contributed by atoms with van der Waals surface area (Å²) in [5.41, 5.74) is 5.07. The molecule has 0 aliphatic carbocycles. The van der Waals surface area contributed by atoms with E-state index in [9.17, 15) is 0 Å². The van der Waals surface area contributed by atoms with Gasteiger partial charge < -0.3 is 9.64 Å². The number of fused-ring (bicyclic) bond motifs is 1. The van der Waals surface area contributed by atoms with Crippen LogP contribution in [0, 0.1) is 0 Å². The van der Waals surface area contributed by atoms with E-state index < -0.39 is 0 Å². The number of aryl methyl sites for hydroxylation is 1. The van der Waals surface area contributed by atoms with Crippen molar-refractivity contribution in [2.75, 3.05) is 14.2 Å². The van der Waals surface area contributed by atoms with Gasteiger partial charge in [-0.15, -0.1) is 0 Å². The minimum atomic E-state index is -0.000467. The average molecular weight is 371 g/mol. The van der Waals surface area contributed by atoms with Gasteiger partial charge in [0.15, 0.2) is 0 Å². The highest BCUT2D eigenvalue weighted by Crippen LogP contribution is 2.33. The van der Waals surface area contributed by atoms with E-state index >= 15 is 0 Å². The van der Waals surface area contributed by atoms with Gasteiger partial charge in [0.2, 0.25) is 0 Å². The van der Waals surface area contributed by atoms with E-state index in [-0.39, 0.29) is 6.04 Å². The Morgan fingerprint density at radius 2 is 1.71 bits per heavy atom. The molecule has 4 rings (SSSR count). The smallest absolute Gasteiger partial charge is 0.118 e. The molecule has 142 valence electrons. The third-order valence-corrected chi connectivity index (χ3v) is 5.29. The molecule has 1 aliphatic heterocycles. The maximum Gasteiger partial charge on any atom is 0.118 e. The van der Waals surface area contributed by atoms with Crippen molar-refractivity contribution in [3.63, 3.8) is 0 Å². The van der Waals surface area contributed by atoms with Gasteiger partial charge in [-0.3, -0.25) is 9.98 Å². The highest BCUT2D eigenvalue weighted by atomic mass is 16.5. The molecule has 0 radical (unpaired) electrons. The van der Waals surface area contributed by atoms with Crippen LogP contribution in [0.4, 0.5) is 0 Å². The van der Waals surface area contributed by atoms with Crippen molar-refractivity contribution < 1.29 is 4.74 Å². The summed E-state index contributed by atoms with van der Waals surface area (Å²) < 4.78 is 5.33. The van der Waals surface area contributed by atoms with Gasteiger partial charge in [-0.25, -0.2) is 0 Å². The standard InChI is InChI=1S/C24H25N3O/c1-27-17-20-5-3-4-6-22(20)24(19-8-10-21(28-2)11-9-19)26-23(27)12-7-18-13-15-25-16-14-18/h3-6,8-11,13-16,24H,7,12,17H2,1-2H3.